The third kappa shape index (κ3) is 2.50. The molecule has 1 atom stereocenters. The molecular formula is C35H27N. The van der Waals surface area contributed by atoms with E-state index in [0.29, 0.717) is 5.92 Å². The molecule has 0 saturated carbocycles. The van der Waals surface area contributed by atoms with Crippen molar-refractivity contribution < 1.29 is 0 Å². The number of nitrogens with zero attached hydrogens (tertiary/aromatic N) is 1. The maximum absolute atomic E-state index is 2.54. The molecule has 1 heteroatoms. The second kappa shape index (κ2) is 6.98. The fourth-order valence-electron chi connectivity index (χ4n) is 7.05. The van der Waals surface area contributed by atoms with Crippen molar-refractivity contribution in [2.24, 2.45) is 0 Å². The Bertz CT molecular complexity index is 1840. The van der Waals surface area contributed by atoms with Gasteiger partial charge in [-0.3, -0.25) is 0 Å². The first-order chi connectivity index (χ1) is 17.6. The van der Waals surface area contributed by atoms with Gasteiger partial charge in [-0.15, -0.1) is 0 Å². The summed E-state index contributed by atoms with van der Waals surface area (Å²) >= 11 is 0. The van der Waals surface area contributed by atoms with E-state index in [-0.39, 0.29) is 5.41 Å². The van der Waals surface area contributed by atoms with Crippen molar-refractivity contribution in [2.75, 3.05) is 0 Å². The van der Waals surface area contributed by atoms with Crippen molar-refractivity contribution in [1.29, 1.82) is 0 Å². The highest BCUT2D eigenvalue weighted by molar-refractivity contribution is 6.03. The van der Waals surface area contributed by atoms with Crippen molar-refractivity contribution >= 4 is 38.5 Å². The molecule has 0 saturated heterocycles. The van der Waals surface area contributed by atoms with E-state index < -0.39 is 0 Å². The Morgan fingerprint density at radius 3 is 2.11 bits per heavy atom. The normalized spacial score (nSPS) is 17.4. The molecule has 2 aliphatic rings. The highest BCUT2D eigenvalue weighted by Crippen LogP contribution is 2.49. The Morgan fingerprint density at radius 1 is 0.694 bits per heavy atom. The van der Waals surface area contributed by atoms with Gasteiger partial charge in [0.2, 0.25) is 0 Å². The van der Waals surface area contributed by atoms with Crippen LogP contribution >= 0.6 is 0 Å². The number of hydrogen-bond donors (Lipinski definition) is 0. The second-order valence-corrected chi connectivity index (χ2v) is 10.9. The summed E-state index contributed by atoms with van der Waals surface area (Å²) in [5.41, 5.74) is 9.79. The van der Waals surface area contributed by atoms with Gasteiger partial charge in [0.25, 0.3) is 0 Å². The smallest absolute Gasteiger partial charge is 0.0578 e. The lowest BCUT2D eigenvalue weighted by Crippen LogP contribution is -2.26. The quantitative estimate of drug-likeness (QED) is 0.215. The summed E-state index contributed by atoms with van der Waals surface area (Å²) in [6.45, 7) is 4.74. The first kappa shape index (κ1) is 20.1. The van der Waals surface area contributed by atoms with E-state index in [1.165, 1.54) is 66.1 Å². The molecule has 0 spiro atoms. The molecule has 2 heterocycles. The summed E-state index contributed by atoms with van der Waals surface area (Å²) in [6, 6.07) is 36.0. The van der Waals surface area contributed by atoms with E-state index in [1.807, 2.05) is 0 Å². The standard InChI is InChI=1S/C35H27N/c1-35(2)29-15-7-8-17-32(29)36-31-19-18-24(21-28(31)27-14-9-16-30(35)34(27)36)33-25-12-5-3-10-22(25)20-23-11-4-6-13-26(23)33/h3-20,24H,21H2,1-2H3. The molecule has 36 heavy (non-hydrogen) atoms. The van der Waals surface area contributed by atoms with Gasteiger partial charge in [0.15, 0.2) is 0 Å². The third-order valence-electron chi connectivity index (χ3n) is 8.72. The van der Waals surface area contributed by atoms with Crippen LogP contribution in [0.15, 0.2) is 103 Å². The topological polar surface area (TPSA) is 4.93 Å². The zero-order valence-corrected chi connectivity index (χ0v) is 20.6. The zero-order valence-electron chi connectivity index (χ0n) is 20.6. The van der Waals surface area contributed by atoms with Crippen molar-refractivity contribution in [3.8, 4) is 5.69 Å². The van der Waals surface area contributed by atoms with Gasteiger partial charge < -0.3 is 4.57 Å². The third-order valence-corrected chi connectivity index (χ3v) is 8.72. The van der Waals surface area contributed by atoms with Crippen molar-refractivity contribution in [2.45, 2.75) is 31.6 Å². The molecule has 0 fully saturated rings. The largest absolute Gasteiger partial charge is 0.309 e. The minimum absolute atomic E-state index is 0.0258. The number of aromatic nitrogens is 1. The van der Waals surface area contributed by atoms with E-state index >= 15 is 0 Å². The van der Waals surface area contributed by atoms with E-state index in [9.17, 15) is 0 Å². The SMILES string of the molecule is CC1(C)c2ccccc2-n2c3c(c4cccc1c42)CC(c1c2ccccc2cc2ccccc12)C=C3. The summed E-state index contributed by atoms with van der Waals surface area (Å²) in [4.78, 5) is 0. The van der Waals surface area contributed by atoms with Gasteiger partial charge in [-0.25, -0.2) is 0 Å². The van der Waals surface area contributed by atoms with Crippen LogP contribution in [-0.4, -0.2) is 4.57 Å². The van der Waals surface area contributed by atoms with Gasteiger partial charge >= 0.3 is 0 Å². The van der Waals surface area contributed by atoms with Crippen LogP contribution in [0.4, 0.5) is 0 Å². The number of rotatable bonds is 1. The van der Waals surface area contributed by atoms with Crippen LogP contribution in [0.5, 0.6) is 0 Å². The van der Waals surface area contributed by atoms with Crippen molar-refractivity contribution in [3.05, 3.63) is 131 Å². The number of benzene rings is 5. The second-order valence-electron chi connectivity index (χ2n) is 10.9. The fourth-order valence-corrected chi connectivity index (χ4v) is 7.05. The summed E-state index contributed by atoms with van der Waals surface area (Å²) in [5.74, 6) is 0.334. The highest BCUT2D eigenvalue weighted by atomic mass is 15.0. The lowest BCUT2D eigenvalue weighted by atomic mass is 9.74. The van der Waals surface area contributed by atoms with Crippen molar-refractivity contribution in [1.82, 2.24) is 4.57 Å². The minimum atomic E-state index is -0.0258. The predicted octanol–water partition coefficient (Wildman–Crippen LogP) is 8.93. The Morgan fingerprint density at radius 2 is 1.33 bits per heavy atom. The van der Waals surface area contributed by atoms with Gasteiger partial charge in [-0.05, 0) is 68.4 Å². The molecule has 1 unspecified atom stereocenters. The first-order valence-electron chi connectivity index (χ1n) is 13.0. The summed E-state index contributed by atoms with van der Waals surface area (Å²) in [7, 11) is 0. The fraction of sp³-hybridized carbons (Fsp3) is 0.143. The number of fused-ring (bicyclic) bond motifs is 7. The Balaban J connectivity index is 1.41. The monoisotopic (exact) mass is 461 g/mol. The maximum Gasteiger partial charge on any atom is 0.0578 e. The van der Waals surface area contributed by atoms with E-state index in [0.717, 1.165) is 6.42 Å². The molecule has 1 aromatic heterocycles. The van der Waals surface area contributed by atoms with E-state index in [4.69, 9.17) is 0 Å². The number of allylic oxidation sites excluding steroid dienone is 1. The molecular weight excluding hydrogens is 434 g/mol. The van der Waals surface area contributed by atoms with E-state index in [1.54, 1.807) is 0 Å². The van der Waals surface area contributed by atoms with Crippen LogP contribution in [0, 0.1) is 0 Å². The molecule has 5 aromatic carbocycles. The van der Waals surface area contributed by atoms with Crippen LogP contribution < -0.4 is 0 Å². The zero-order chi connectivity index (χ0) is 24.0. The van der Waals surface area contributed by atoms with E-state index in [2.05, 4.69) is 128 Å². The molecule has 0 amide bonds. The number of para-hydroxylation sites is 2. The molecule has 0 bridgehead atoms. The Hall–Kier alpha value is -4.10. The minimum Gasteiger partial charge on any atom is -0.309 e. The molecule has 0 N–H and O–H groups in total. The van der Waals surface area contributed by atoms with Gasteiger partial charge in [-0.1, -0.05) is 105 Å². The van der Waals surface area contributed by atoms with Crippen LogP contribution in [0.25, 0.3) is 44.2 Å². The molecule has 1 nitrogen and oxygen atoms in total. The molecule has 172 valence electrons. The highest BCUT2D eigenvalue weighted by Gasteiger charge is 2.36. The summed E-state index contributed by atoms with van der Waals surface area (Å²) in [6.07, 6.45) is 5.87. The molecule has 1 aliphatic carbocycles. The van der Waals surface area contributed by atoms with Crippen LogP contribution in [0.3, 0.4) is 0 Å². The lowest BCUT2D eigenvalue weighted by molar-refractivity contribution is 0.628. The molecule has 0 radical (unpaired) electrons. The average Bonchev–Trinajstić information content (AvgIpc) is 3.25. The predicted molar refractivity (Wildman–Crippen MR) is 152 cm³/mol. The first-order valence-corrected chi connectivity index (χ1v) is 13.0. The van der Waals surface area contributed by atoms with Crippen LogP contribution in [0.1, 0.15) is 47.7 Å². The molecule has 6 aromatic rings. The van der Waals surface area contributed by atoms with Gasteiger partial charge in [-0.2, -0.15) is 0 Å². The summed E-state index contributed by atoms with van der Waals surface area (Å²) in [5, 5.41) is 6.79. The van der Waals surface area contributed by atoms with Gasteiger partial charge in [0, 0.05) is 22.4 Å². The summed E-state index contributed by atoms with van der Waals surface area (Å²) < 4.78 is 2.54. The number of hydrogen-bond acceptors (Lipinski definition) is 0. The van der Waals surface area contributed by atoms with Crippen LogP contribution in [0.2, 0.25) is 0 Å². The molecule has 1 aliphatic heterocycles. The van der Waals surface area contributed by atoms with Gasteiger partial charge in [0.1, 0.15) is 0 Å². The molecule has 8 rings (SSSR count). The van der Waals surface area contributed by atoms with Crippen molar-refractivity contribution in [3.63, 3.8) is 0 Å². The van der Waals surface area contributed by atoms with Gasteiger partial charge in [0.05, 0.1) is 11.2 Å². The van der Waals surface area contributed by atoms with Crippen LogP contribution in [-0.2, 0) is 11.8 Å². The Labute approximate surface area is 211 Å². The maximum atomic E-state index is 2.54. The average molecular weight is 462 g/mol. The Kier molecular flexibility index (Phi) is 3.90. The lowest BCUT2D eigenvalue weighted by Gasteiger charge is -2.34.